The SMILES string of the molecule is c1ccc2c(NC3CCNC4(CCC4)C3)nccc2c1. The van der Waals surface area contributed by atoms with Crippen LogP contribution in [0.25, 0.3) is 10.8 Å². The van der Waals surface area contributed by atoms with Crippen LogP contribution in [-0.4, -0.2) is 23.1 Å². The van der Waals surface area contributed by atoms with Crippen LogP contribution < -0.4 is 10.6 Å². The van der Waals surface area contributed by atoms with Crippen molar-refractivity contribution in [3.63, 3.8) is 0 Å². The molecule has 2 aromatic rings. The average Bonchev–Trinajstić information content (AvgIpc) is 2.46. The number of fused-ring (bicyclic) bond motifs is 1. The summed E-state index contributed by atoms with van der Waals surface area (Å²) in [5.41, 5.74) is 0.431. The Morgan fingerprint density at radius 1 is 1.20 bits per heavy atom. The molecule has 1 atom stereocenters. The second kappa shape index (κ2) is 4.74. The highest BCUT2D eigenvalue weighted by Gasteiger charge is 2.40. The van der Waals surface area contributed by atoms with E-state index in [4.69, 9.17) is 0 Å². The molecule has 2 N–H and O–H groups in total. The summed E-state index contributed by atoms with van der Waals surface area (Å²) in [6.45, 7) is 1.13. The highest BCUT2D eigenvalue weighted by Crippen LogP contribution is 2.39. The predicted molar refractivity (Wildman–Crippen MR) is 83.0 cm³/mol. The first-order valence-corrected chi connectivity index (χ1v) is 7.70. The number of piperidine rings is 1. The molecule has 0 bridgehead atoms. The molecule has 1 aromatic heterocycles. The summed E-state index contributed by atoms with van der Waals surface area (Å²) < 4.78 is 0. The summed E-state index contributed by atoms with van der Waals surface area (Å²) in [6, 6.07) is 11.1. The van der Waals surface area contributed by atoms with E-state index in [1.54, 1.807) is 0 Å². The predicted octanol–water partition coefficient (Wildman–Crippen LogP) is 3.32. The first-order valence-electron chi connectivity index (χ1n) is 7.70. The summed E-state index contributed by atoms with van der Waals surface area (Å²) in [5, 5.41) is 9.91. The van der Waals surface area contributed by atoms with Gasteiger partial charge < -0.3 is 10.6 Å². The van der Waals surface area contributed by atoms with Gasteiger partial charge in [-0.1, -0.05) is 24.3 Å². The van der Waals surface area contributed by atoms with E-state index in [-0.39, 0.29) is 0 Å². The van der Waals surface area contributed by atoms with Gasteiger partial charge in [-0.2, -0.15) is 0 Å². The van der Waals surface area contributed by atoms with Crippen molar-refractivity contribution < 1.29 is 0 Å². The van der Waals surface area contributed by atoms with Gasteiger partial charge in [0.2, 0.25) is 0 Å². The first kappa shape index (κ1) is 12.2. The standard InChI is InChI=1S/C17H21N3/c1-2-5-15-13(4-1)6-10-18-16(15)20-14-7-11-19-17(12-14)8-3-9-17/h1-2,4-6,10,14,19H,3,7-9,11-12H2,(H,18,20). The zero-order valence-corrected chi connectivity index (χ0v) is 11.7. The molecule has 4 rings (SSSR count). The Morgan fingerprint density at radius 3 is 2.95 bits per heavy atom. The fourth-order valence-corrected chi connectivity index (χ4v) is 3.69. The third kappa shape index (κ3) is 2.06. The monoisotopic (exact) mass is 267 g/mol. The van der Waals surface area contributed by atoms with Crippen LogP contribution in [0.5, 0.6) is 0 Å². The maximum Gasteiger partial charge on any atom is 0.134 e. The normalized spacial score (nSPS) is 24.5. The molecule has 20 heavy (non-hydrogen) atoms. The molecule has 1 saturated carbocycles. The molecule has 3 heteroatoms. The minimum Gasteiger partial charge on any atom is -0.367 e. The van der Waals surface area contributed by atoms with Gasteiger partial charge in [-0.3, -0.25) is 0 Å². The molecule has 1 saturated heterocycles. The van der Waals surface area contributed by atoms with Crippen molar-refractivity contribution in [3.8, 4) is 0 Å². The summed E-state index contributed by atoms with van der Waals surface area (Å²) >= 11 is 0. The van der Waals surface area contributed by atoms with Gasteiger partial charge in [-0.15, -0.1) is 0 Å². The van der Waals surface area contributed by atoms with Crippen LogP contribution in [0.3, 0.4) is 0 Å². The van der Waals surface area contributed by atoms with Gasteiger partial charge in [0, 0.05) is 23.2 Å². The van der Waals surface area contributed by atoms with E-state index in [0.717, 1.165) is 12.4 Å². The number of nitrogens with zero attached hydrogens (tertiary/aromatic N) is 1. The Bertz CT molecular complexity index is 613. The van der Waals surface area contributed by atoms with Gasteiger partial charge in [0.15, 0.2) is 0 Å². The van der Waals surface area contributed by atoms with Gasteiger partial charge in [0.05, 0.1) is 0 Å². The number of nitrogens with one attached hydrogen (secondary N) is 2. The van der Waals surface area contributed by atoms with Crippen molar-refractivity contribution in [3.05, 3.63) is 36.5 Å². The van der Waals surface area contributed by atoms with Gasteiger partial charge in [0.1, 0.15) is 5.82 Å². The van der Waals surface area contributed by atoms with E-state index >= 15 is 0 Å². The molecule has 3 nitrogen and oxygen atoms in total. The quantitative estimate of drug-likeness (QED) is 0.876. The number of benzene rings is 1. The molecule has 1 spiro atoms. The Morgan fingerprint density at radius 2 is 2.10 bits per heavy atom. The Labute approximate surface area is 119 Å². The zero-order valence-electron chi connectivity index (χ0n) is 11.7. The number of anilines is 1. The van der Waals surface area contributed by atoms with Crippen LogP contribution in [0.4, 0.5) is 5.82 Å². The molecule has 1 aliphatic heterocycles. The van der Waals surface area contributed by atoms with Crippen LogP contribution in [-0.2, 0) is 0 Å². The lowest BCUT2D eigenvalue weighted by Gasteiger charge is -2.48. The first-order chi connectivity index (χ1) is 9.85. The van der Waals surface area contributed by atoms with Gasteiger partial charge in [0.25, 0.3) is 0 Å². The zero-order chi connectivity index (χ0) is 13.4. The lowest BCUT2D eigenvalue weighted by atomic mass is 9.70. The van der Waals surface area contributed by atoms with E-state index in [1.165, 1.54) is 42.9 Å². The highest BCUT2D eigenvalue weighted by molar-refractivity contribution is 5.91. The highest BCUT2D eigenvalue weighted by atomic mass is 15.1. The molecule has 1 unspecified atom stereocenters. The van der Waals surface area contributed by atoms with Crippen molar-refractivity contribution in [1.82, 2.24) is 10.3 Å². The van der Waals surface area contributed by atoms with Crippen LogP contribution >= 0.6 is 0 Å². The van der Waals surface area contributed by atoms with Crippen LogP contribution in [0.1, 0.15) is 32.1 Å². The number of pyridine rings is 1. The van der Waals surface area contributed by atoms with Crippen molar-refractivity contribution in [2.24, 2.45) is 0 Å². The van der Waals surface area contributed by atoms with E-state index in [1.807, 2.05) is 6.20 Å². The third-order valence-electron chi connectivity index (χ3n) is 4.96. The fraction of sp³-hybridized carbons (Fsp3) is 0.471. The van der Waals surface area contributed by atoms with Gasteiger partial charge in [-0.05, 0) is 50.1 Å². The summed E-state index contributed by atoms with van der Waals surface area (Å²) in [5.74, 6) is 1.05. The topological polar surface area (TPSA) is 37.0 Å². The fourth-order valence-electron chi connectivity index (χ4n) is 3.69. The third-order valence-corrected chi connectivity index (χ3v) is 4.96. The molecule has 0 radical (unpaired) electrons. The molecule has 2 heterocycles. The molecule has 2 aliphatic rings. The molecule has 1 aliphatic carbocycles. The lowest BCUT2D eigenvalue weighted by Crippen LogP contribution is -2.58. The average molecular weight is 267 g/mol. The molecular weight excluding hydrogens is 246 g/mol. The summed E-state index contributed by atoms with van der Waals surface area (Å²) in [6.07, 6.45) is 8.39. The molecule has 2 fully saturated rings. The molecule has 1 aromatic carbocycles. The largest absolute Gasteiger partial charge is 0.367 e. The maximum absolute atomic E-state index is 4.56. The second-order valence-electron chi connectivity index (χ2n) is 6.28. The Hall–Kier alpha value is -1.61. The minimum absolute atomic E-state index is 0.431. The van der Waals surface area contributed by atoms with E-state index < -0.39 is 0 Å². The molecular formula is C17H21N3. The van der Waals surface area contributed by atoms with E-state index in [2.05, 4.69) is 45.9 Å². The molecule has 0 amide bonds. The summed E-state index contributed by atoms with van der Waals surface area (Å²) in [4.78, 5) is 4.56. The smallest absolute Gasteiger partial charge is 0.134 e. The van der Waals surface area contributed by atoms with Crippen molar-refractivity contribution >= 4 is 16.6 Å². The van der Waals surface area contributed by atoms with Crippen LogP contribution in [0, 0.1) is 0 Å². The molecule has 104 valence electrons. The number of rotatable bonds is 2. The number of aromatic nitrogens is 1. The lowest BCUT2D eigenvalue weighted by molar-refractivity contribution is 0.135. The Balaban J connectivity index is 1.58. The van der Waals surface area contributed by atoms with E-state index in [9.17, 15) is 0 Å². The van der Waals surface area contributed by atoms with Crippen LogP contribution in [0.15, 0.2) is 36.5 Å². The number of hydrogen-bond acceptors (Lipinski definition) is 3. The van der Waals surface area contributed by atoms with Crippen LogP contribution in [0.2, 0.25) is 0 Å². The van der Waals surface area contributed by atoms with Gasteiger partial charge in [-0.25, -0.2) is 4.98 Å². The summed E-state index contributed by atoms with van der Waals surface area (Å²) in [7, 11) is 0. The minimum atomic E-state index is 0.431. The van der Waals surface area contributed by atoms with Crippen molar-refractivity contribution in [2.75, 3.05) is 11.9 Å². The van der Waals surface area contributed by atoms with Crippen molar-refractivity contribution in [1.29, 1.82) is 0 Å². The second-order valence-corrected chi connectivity index (χ2v) is 6.28. The van der Waals surface area contributed by atoms with Gasteiger partial charge >= 0.3 is 0 Å². The Kier molecular flexibility index (Phi) is 2.88. The number of hydrogen-bond donors (Lipinski definition) is 2. The van der Waals surface area contributed by atoms with E-state index in [0.29, 0.717) is 11.6 Å². The maximum atomic E-state index is 4.56. The van der Waals surface area contributed by atoms with Crippen molar-refractivity contribution in [2.45, 2.75) is 43.7 Å².